The van der Waals surface area contributed by atoms with E-state index in [1.165, 1.54) is 7.11 Å². The van der Waals surface area contributed by atoms with Crippen LogP contribution in [0.3, 0.4) is 0 Å². The third-order valence-corrected chi connectivity index (χ3v) is 10.00. The van der Waals surface area contributed by atoms with Gasteiger partial charge in [0.25, 0.3) is 0 Å². The molecule has 0 amide bonds. The van der Waals surface area contributed by atoms with Crippen molar-refractivity contribution >= 4 is 23.1 Å². The molecule has 1 fully saturated rings. The molecule has 230 valence electrons. The van der Waals surface area contributed by atoms with Gasteiger partial charge in [-0.3, -0.25) is 4.79 Å². The molecule has 0 aromatic carbocycles. The zero-order valence-electron chi connectivity index (χ0n) is 27.0. The second-order valence-corrected chi connectivity index (χ2v) is 12.4. The number of hydrogen-bond acceptors (Lipinski definition) is 8. The van der Waals surface area contributed by atoms with Crippen LogP contribution in [-0.2, 0) is 9.53 Å². The van der Waals surface area contributed by atoms with Gasteiger partial charge in [-0.05, 0) is 87.0 Å². The Morgan fingerprint density at radius 1 is 1.00 bits per heavy atom. The average Bonchev–Trinajstić information content (AvgIpc) is 3.75. The summed E-state index contributed by atoms with van der Waals surface area (Å²) in [5.74, 6) is 0.121. The van der Waals surface area contributed by atoms with Gasteiger partial charge in [-0.2, -0.15) is 0 Å². The van der Waals surface area contributed by atoms with E-state index in [1.54, 1.807) is 6.92 Å². The van der Waals surface area contributed by atoms with Crippen LogP contribution in [0.1, 0.15) is 80.6 Å². The highest BCUT2D eigenvalue weighted by Crippen LogP contribution is 2.48. The zero-order valence-corrected chi connectivity index (χ0v) is 27.0. The van der Waals surface area contributed by atoms with Crippen LogP contribution in [-0.4, -0.2) is 46.5 Å². The van der Waals surface area contributed by atoms with Crippen LogP contribution in [0.5, 0.6) is 0 Å². The molecule has 3 atom stereocenters. The van der Waals surface area contributed by atoms with E-state index in [0.29, 0.717) is 18.6 Å². The van der Waals surface area contributed by atoms with Crippen molar-refractivity contribution < 1.29 is 19.7 Å². The van der Waals surface area contributed by atoms with Crippen LogP contribution in [0.4, 0.5) is 0 Å². The van der Waals surface area contributed by atoms with Crippen LogP contribution in [0.25, 0.3) is 0 Å². The smallest absolute Gasteiger partial charge is 0.305 e. The van der Waals surface area contributed by atoms with Crippen LogP contribution >= 0.6 is 0 Å². The molecular formula is C36H42N4O4. The van der Waals surface area contributed by atoms with Crippen LogP contribution in [0.2, 0.25) is 0 Å². The van der Waals surface area contributed by atoms with Gasteiger partial charge in [0.1, 0.15) is 5.76 Å². The predicted molar refractivity (Wildman–Crippen MR) is 174 cm³/mol. The van der Waals surface area contributed by atoms with Crippen molar-refractivity contribution in [2.24, 2.45) is 26.8 Å². The Labute approximate surface area is 259 Å². The standard InChI is InChI=1S/C36H42N4O4/c1-9-21-16(3)25-14-28-31(20(7)41)18(5)34(39-28)19(6)33-17(4)23(11-12-30(43)44-8)35(40-33)24-13-29(42)32-22(10-2)27(38-36(24)32)15-26(21)37-25/h14-15,17,20,23,40-42H,9-13H2,1-8H3/t17-,20?,23-/m0/s1. The number of methoxy groups -OCH3 is 1. The fourth-order valence-corrected chi connectivity index (χ4v) is 7.70. The number of carbonyl (C=O) groups is 1. The molecule has 3 N–H and O–H groups in total. The van der Waals surface area contributed by atoms with Crippen molar-refractivity contribution in [1.82, 2.24) is 5.32 Å². The van der Waals surface area contributed by atoms with Crippen molar-refractivity contribution in [3.8, 4) is 0 Å². The summed E-state index contributed by atoms with van der Waals surface area (Å²) in [5.41, 5.74) is 14.7. The minimum atomic E-state index is -0.706. The van der Waals surface area contributed by atoms with E-state index in [1.807, 2.05) is 13.0 Å². The van der Waals surface area contributed by atoms with E-state index in [4.69, 9.17) is 19.7 Å². The van der Waals surface area contributed by atoms with Crippen LogP contribution in [0.15, 0.2) is 106 Å². The number of esters is 1. The Kier molecular flexibility index (Phi) is 7.60. The van der Waals surface area contributed by atoms with Gasteiger partial charge in [0.15, 0.2) is 0 Å². The number of nitrogens with one attached hydrogen (secondary N) is 1. The third kappa shape index (κ3) is 4.53. The number of aliphatic hydroxyl groups is 2. The summed E-state index contributed by atoms with van der Waals surface area (Å²) in [6, 6.07) is 0. The summed E-state index contributed by atoms with van der Waals surface area (Å²) in [7, 11) is 1.42. The molecule has 6 rings (SSSR count). The van der Waals surface area contributed by atoms with E-state index in [9.17, 15) is 15.0 Å². The summed E-state index contributed by atoms with van der Waals surface area (Å²) >= 11 is 0. The molecule has 0 radical (unpaired) electrons. The van der Waals surface area contributed by atoms with E-state index in [0.717, 1.165) is 103 Å². The number of ether oxygens (including phenoxy) is 1. The van der Waals surface area contributed by atoms with E-state index >= 15 is 0 Å². The molecule has 0 spiro atoms. The molecular weight excluding hydrogens is 552 g/mol. The molecule has 1 aliphatic carbocycles. The Morgan fingerprint density at radius 2 is 1.73 bits per heavy atom. The number of hydrogen-bond donors (Lipinski definition) is 3. The molecule has 8 heteroatoms. The third-order valence-electron chi connectivity index (χ3n) is 10.00. The average molecular weight is 595 g/mol. The first-order valence-electron chi connectivity index (χ1n) is 15.7. The summed E-state index contributed by atoms with van der Waals surface area (Å²) in [5, 5.41) is 26.1. The van der Waals surface area contributed by atoms with Crippen LogP contribution in [0, 0.1) is 11.8 Å². The predicted octanol–water partition coefficient (Wildman–Crippen LogP) is 6.77. The lowest BCUT2D eigenvalue weighted by molar-refractivity contribution is -0.140. The maximum Gasteiger partial charge on any atom is 0.305 e. The minimum absolute atomic E-state index is 0.0107. The van der Waals surface area contributed by atoms with Gasteiger partial charge in [-0.15, -0.1) is 0 Å². The first-order chi connectivity index (χ1) is 21.0. The summed E-state index contributed by atoms with van der Waals surface area (Å²) in [6.45, 7) is 14.4. The molecule has 6 aliphatic rings. The summed E-state index contributed by atoms with van der Waals surface area (Å²) < 4.78 is 5.00. The topological polar surface area (TPSA) is 116 Å². The monoisotopic (exact) mass is 594 g/mol. The summed E-state index contributed by atoms with van der Waals surface area (Å²) in [6.07, 6.45) is 6.15. The Bertz CT molecular complexity index is 1750. The molecule has 0 aromatic rings. The number of fused-ring (bicyclic) bond motifs is 5. The fraction of sp³-hybridized carbons (Fsp3) is 0.444. The van der Waals surface area contributed by atoms with Gasteiger partial charge < -0.3 is 20.3 Å². The van der Waals surface area contributed by atoms with Gasteiger partial charge in [-0.1, -0.05) is 20.8 Å². The number of aliphatic hydroxyl groups excluding tert-OH is 2. The second-order valence-electron chi connectivity index (χ2n) is 12.4. The maximum absolute atomic E-state index is 12.3. The van der Waals surface area contributed by atoms with Crippen molar-refractivity contribution in [1.29, 1.82) is 0 Å². The molecule has 1 saturated heterocycles. The highest BCUT2D eigenvalue weighted by Gasteiger charge is 2.42. The molecule has 1 unspecified atom stereocenters. The van der Waals surface area contributed by atoms with Crippen LogP contribution < -0.4 is 5.32 Å². The normalized spacial score (nSPS) is 25.2. The number of aliphatic imine (C=N–C) groups is 3. The molecule has 5 heterocycles. The van der Waals surface area contributed by atoms with E-state index in [-0.39, 0.29) is 24.2 Å². The fourth-order valence-electron chi connectivity index (χ4n) is 7.70. The lowest BCUT2D eigenvalue weighted by Crippen LogP contribution is -2.16. The van der Waals surface area contributed by atoms with E-state index in [2.05, 4.69) is 46.0 Å². The molecule has 8 nitrogen and oxygen atoms in total. The number of nitrogens with zero attached hydrogens (tertiary/aromatic N) is 3. The van der Waals surface area contributed by atoms with Gasteiger partial charge in [0.05, 0.1) is 47.4 Å². The van der Waals surface area contributed by atoms with Gasteiger partial charge >= 0.3 is 5.97 Å². The Morgan fingerprint density at radius 3 is 2.39 bits per heavy atom. The molecule has 8 bridgehead atoms. The lowest BCUT2D eigenvalue weighted by atomic mass is 9.85. The molecule has 5 aliphatic heterocycles. The molecule has 0 aromatic heterocycles. The largest absolute Gasteiger partial charge is 0.511 e. The zero-order chi connectivity index (χ0) is 31.6. The lowest BCUT2D eigenvalue weighted by Gasteiger charge is -2.17. The molecule has 44 heavy (non-hydrogen) atoms. The van der Waals surface area contributed by atoms with Gasteiger partial charge in [-0.25, -0.2) is 15.0 Å². The Hall–Kier alpha value is -4.04. The summed E-state index contributed by atoms with van der Waals surface area (Å²) in [4.78, 5) is 27.7. The van der Waals surface area contributed by atoms with Gasteiger partial charge in [0, 0.05) is 52.8 Å². The first kappa shape index (κ1) is 30.0. The first-order valence-corrected chi connectivity index (χ1v) is 15.7. The second kappa shape index (κ2) is 11.1. The van der Waals surface area contributed by atoms with Gasteiger partial charge in [0.2, 0.25) is 0 Å². The number of carbonyl (C=O) groups excluding carboxylic acids is 1. The van der Waals surface area contributed by atoms with E-state index < -0.39 is 6.10 Å². The SMILES string of the molecule is CCC1=C2C=C3N=C(C=C4N=C(C(C)=C4C(C)O)C(C)=C4NC(=C5CC(O)=C1C5=N2)[C@@H](CCC(=O)OC)[C@@H]4C)C(C)=C3CC. The highest BCUT2D eigenvalue weighted by atomic mass is 16.5. The molecule has 0 saturated carbocycles. The Balaban J connectivity index is 1.64. The minimum Gasteiger partial charge on any atom is -0.511 e. The quantitative estimate of drug-likeness (QED) is 0.294. The maximum atomic E-state index is 12.3. The van der Waals surface area contributed by atoms with Crippen molar-refractivity contribution in [2.45, 2.75) is 86.7 Å². The van der Waals surface area contributed by atoms with Crippen molar-refractivity contribution in [3.63, 3.8) is 0 Å². The number of rotatable bonds is 6. The van der Waals surface area contributed by atoms with Crippen molar-refractivity contribution in [2.75, 3.05) is 7.11 Å². The number of allylic oxidation sites excluding steroid dienone is 11. The highest BCUT2D eigenvalue weighted by molar-refractivity contribution is 6.21. The van der Waals surface area contributed by atoms with Crippen molar-refractivity contribution in [3.05, 3.63) is 91.0 Å².